The van der Waals surface area contributed by atoms with Crippen LogP contribution in [0.2, 0.25) is 0 Å². The van der Waals surface area contributed by atoms with Gasteiger partial charge in [-0.3, -0.25) is 10.1 Å². The molecule has 2 N–H and O–H groups in total. The molecule has 0 saturated heterocycles. The van der Waals surface area contributed by atoms with Gasteiger partial charge >= 0.3 is 0 Å². The van der Waals surface area contributed by atoms with E-state index in [2.05, 4.69) is 38.9 Å². The van der Waals surface area contributed by atoms with Crippen LogP contribution in [0.15, 0.2) is 97.1 Å². The normalized spacial score (nSPS) is 14.7. The molecule has 0 aliphatic carbocycles. The van der Waals surface area contributed by atoms with Gasteiger partial charge in [0.05, 0.1) is 7.11 Å². The highest BCUT2D eigenvalue weighted by atomic mass is 16.5. The third-order valence-electron chi connectivity index (χ3n) is 5.47. The second kappa shape index (κ2) is 9.46. The van der Waals surface area contributed by atoms with Crippen molar-refractivity contribution in [1.82, 2.24) is 14.8 Å². The minimum absolute atomic E-state index is 0.166. The maximum atomic E-state index is 12.5. The Bertz CT molecular complexity index is 1340. The molecule has 0 fully saturated rings. The predicted octanol–water partition coefficient (Wildman–Crippen LogP) is 4.99. The predicted molar refractivity (Wildman–Crippen MR) is 133 cm³/mol. The molecule has 1 aromatic heterocycles. The summed E-state index contributed by atoms with van der Waals surface area (Å²) in [6, 6.07) is 27.4. The lowest BCUT2D eigenvalue weighted by atomic mass is 10.0. The summed E-state index contributed by atoms with van der Waals surface area (Å²) >= 11 is 0. The van der Waals surface area contributed by atoms with Crippen molar-refractivity contribution in [3.63, 3.8) is 0 Å². The Balaban J connectivity index is 1.39. The molecule has 0 saturated carbocycles. The maximum Gasteiger partial charge on any atom is 0.250 e. The Morgan fingerprint density at radius 3 is 2.41 bits per heavy atom. The number of hydrogen-bond donors (Lipinski definition) is 2. The first-order chi connectivity index (χ1) is 16.7. The number of nitrogens with zero attached hydrogens (tertiary/aromatic N) is 3. The number of allylic oxidation sites excluding steroid dienone is 1. The van der Waals surface area contributed by atoms with Crippen LogP contribution in [0.1, 0.15) is 22.7 Å². The molecule has 1 atom stereocenters. The maximum absolute atomic E-state index is 12.5. The summed E-state index contributed by atoms with van der Waals surface area (Å²) in [6.45, 7) is 0. The molecule has 1 aliphatic heterocycles. The summed E-state index contributed by atoms with van der Waals surface area (Å²) in [5.74, 6) is 1.24. The molecular weight excluding hydrogens is 426 g/mol. The fourth-order valence-electron chi connectivity index (χ4n) is 3.76. The van der Waals surface area contributed by atoms with Crippen molar-refractivity contribution in [3.8, 4) is 5.75 Å². The van der Waals surface area contributed by atoms with E-state index in [4.69, 9.17) is 4.74 Å². The molecule has 0 unspecified atom stereocenters. The van der Waals surface area contributed by atoms with Gasteiger partial charge in [0.2, 0.25) is 5.95 Å². The number of anilines is 2. The standard InChI is InChI=1S/C27H23N5O2/c1-34-22-15-12-19(13-16-22)14-17-25(33)29-26-30-27-28-23(20-8-4-2-5-9-20)18-24(32(27)31-26)21-10-6-3-7-11-21/h2-18,24H,1H3,(H2,28,29,30,31,33)/b17-14+/t24-/m1/s1. The summed E-state index contributed by atoms with van der Waals surface area (Å²) in [6.07, 6.45) is 5.30. The molecule has 7 nitrogen and oxygen atoms in total. The largest absolute Gasteiger partial charge is 0.497 e. The first kappa shape index (κ1) is 21.2. The summed E-state index contributed by atoms with van der Waals surface area (Å²) in [7, 11) is 1.62. The Labute approximate surface area is 197 Å². The minimum atomic E-state index is -0.314. The van der Waals surface area contributed by atoms with E-state index in [1.807, 2.05) is 72.8 Å². The van der Waals surface area contributed by atoms with E-state index in [0.29, 0.717) is 5.95 Å². The lowest BCUT2D eigenvalue weighted by Crippen LogP contribution is -2.20. The van der Waals surface area contributed by atoms with E-state index < -0.39 is 0 Å². The Hall–Kier alpha value is -4.65. The molecular formula is C27H23N5O2. The van der Waals surface area contributed by atoms with Gasteiger partial charge in [0, 0.05) is 11.8 Å². The average molecular weight is 450 g/mol. The van der Waals surface area contributed by atoms with Crippen LogP contribution in [0.4, 0.5) is 11.9 Å². The molecule has 7 heteroatoms. The number of methoxy groups -OCH3 is 1. The van der Waals surface area contributed by atoms with Crippen molar-refractivity contribution >= 4 is 29.6 Å². The number of ether oxygens (including phenoxy) is 1. The Kier molecular flexibility index (Phi) is 5.90. The average Bonchev–Trinajstić information content (AvgIpc) is 3.30. The van der Waals surface area contributed by atoms with Gasteiger partial charge in [0.15, 0.2) is 0 Å². The van der Waals surface area contributed by atoms with Crippen LogP contribution in [0.5, 0.6) is 5.75 Å². The van der Waals surface area contributed by atoms with Gasteiger partial charge in [0.25, 0.3) is 11.9 Å². The SMILES string of the molecule is COc1ccc(/C=C/C(=O)Nc2nc3n(n2)[C@@H](c2ccccc2)C=C(c2ccccc2)N3)cc1. The van der Waals surface area contributed by atoms with Gasteiger partial charge in [-0.05, 0) is 41.0 Å². The highest BCUT2D eigenvalue weighted by molar-refractivity contribution is 6.01. The van der Waals surface area contributed by atoms with Crippen LogP contribution in [0.25, 0.3) is 11.8 Å². The number of fused-ring (bicyclic) bond motifs is 1. The minimum Gasteiger partial charge on any atom is -0.497 e. The number of hydrogen-bond acceptors (Lipinski definition) is 5. The van der Waals surface area contributed by atoms with Crippen LogP contribution in [0.3, 0.4) is 0 Å². The topological polar surface area (TPSA) is 81.1 Å². The molecule has 0 bridgehead atoms. The van der Waals surface area contributed by atoms with Crippen molar-refractivity contribution in [2.45, 2.75) is 6.04 Å². The molecule has 3 aromatic carbocycles. The first-order valence-corrected chi connectivity index (χ1v) is 10.9. The van der Waals surface area contributed by atoms with Gasteiger partial charge in [-0.15, -0.1) is 5.10 Å². The Morgan fingerprint density at radius 2 is 1.71 bits per heavy atom. The molecule has 0 radical (unpaired) electrons. The van der Waals surface area contributed by atoms with Crippen LogP contribution in [0, 0.1) is 0 Å². The molecule has 2 heterocycles. The number of rotatable bonds is 6. The van der Waals surface area contributed by atoms with Gasteiger partial charge in [-0.1, -0.05) is 72.8 Å². The van der Waals surface area contributed by atoms with Gasteiger partial charge in [-0.2, -0.15) is 4.98 Å². The van der Waals surface area contributed by atoms with Crippen LogP contribution in [-0.4, -0.2) is 27.8 Å². The number of benzene rings is 3. The highest BCUT2D eigenvalue weighted by Gasteiger charge is 2.25. The highest BCUT2D eigenvalue weighted by Crippen LogP contribution is 2.33. The number of nitrogens with one attached hydrogen (secondary N) is 2. The van der Waals surface area contributed by atoms with E-state index in [1.165, 1.54) is 6.08 Å². The van der Waals surface area contributed by atoms with E-state index in [-0.39, 0.29) is 17.9 Å². The summed E-state index contributed by atoms with van der Waals surface area (Å²) < 4.78 is 6.94. The molecule has 5 rings (SSSR count). The third kappa shape index (κ3) is 4.59. The lowest BCUT2D eigenvalue weighted by molar-refractivity contribution is -0.111. The summed E-state index contributed by atoms with van der Waals surface area (Å²) in [5, 5.41) is 10.7. The summed E-state index contributed by atoms with van der Waals surface area (Å²) in [5.41, 5.74) is 3.94. The lowest BCUT2D eigenvalue weighted by Gasteiger charge is -2.24. The van der Waals surface area contributed by atoms with E-state index in [1.54, 1.807) is 17.9 Å². The van der Waals surface area contributed by atoms with Crippen molar-refractivity contribution in [1.29, 1.82) is 0 Å². The van der Waals surface area contributed by atoms with E-state index in [9.17, 15) is 4.79 Å². The van der Waals surface area contributed by atoms with Crippen molar-refractivity contribution in [2.24, 2.45) is 0 Å². The van der Waals surface area contributed by atoms with Crippen molar-refractivity contribution in [2.75, 3.05) is 17.7 Å². The fourth-order valence-corrected chi connectivity index (χ4v) is 3.76. The summed E-state index contributed by atoms with van der Waals surface area (Å²) in [4.78, 5) is 17.1. The van der Waals surface area contributed by atoms with Crippen LogP contribution in [-0.2, 0) is 4.79 Å². The molecule has 1 amide bonds. The molecule has 34 heavy (non-hydrogen) atoms. The zero-order valence-corrected chi connectivity index (χ0v) is 18.6. The number of amides is 1. The fraction of sp³-hybridized carbons (Fsp3) is 0.0741. The Morgan fingerprint density at radius 1 is 1.00 bits per heavy atom. The van der Waals surface area contributed by atoms with E-state index >= 15 is 0 Å². The second-order valence-corrected chi connectivity index (χ2v) is 7.73. The zero-order valence-electron chi connectivity index (χ0n) is 18.6. The monoisotopic (exact) mass is 449 g/mol. The third-order valence-corrected chi connectivity index (χ3v) is 5.47. The van der Waals surface area contributed by atoms with Crippen molar-refractivity contribution in [3.05, 3.63) is 114 Å². The number of carbonyl (C=O) groups is 1. The number of carbonyl (C=O) groups excluding carboxylic acids is 1. The van der Waals surface area contributed by atoms with Gasteiger partial charge in [-0.25, -0.2) is 4.68 Å². The van der Waals surface area contributed by atoms with Crippen LogP contribution >= 0.6 is 0 Å². The first-order valence-electron chi connectivity index (χ1n) is 10.9. The van der Waals surface area contributed by atoms with Gasteiger partial charge in [0.1, 0.15) is 11.8 Å². The zero-order chi connectivity index (χ0) is 23.3. The second-order valence-electron chi connectivity index (χ2n) is 7.73. The number of aromatic nitrogens is 3. The van der Waals surface area contributed by atoms with E-state index in [0.717, 1.165) is 28.1 Å². The van der Waals surface area contributed by atoms with Crippen molar-refractivity contribution < 1.29 is 9.53 Å². The molecule has 168 valence electrons. The molecule has 0 spiro atoms. The molecule has 1 aliphatic rings. The van der Waals surface area contributed by atoms with Gasteiger partial charge < -0.3 is 10.1 Å². The smallest absolute Gasteiger partial charge is 0.250 e. The van der Waals surface area contributed by atoms with Crippen LogP contribution < -0.4 is 15.4 Å². The molecule has 4 aromatic rings. The quantitative estimate of drug-likeness (QED) is 0.405.